The summed E-state index contributed by atoms with van der Waals surface area (Å²) in [5, 5.41) is 6.59. The lowest BCUT2D eigenvalue weighted by Gasteiger charge is -2.23. The first-order chi connectivity index (χ1) is 15.6. The molecular weight excluding hydrogens is 445 g/mol. The number of sulfone groups is 1. The van der Waals surface area contributed by atoms with E-state index in [4.69, 9.17) is 4.74 Å². The first-order valence-electron chi connectivity index (χ1n) is 11.0. The summed E-state index contributed by atoms with van der Waals surface area (Å²) >= 11 is 0. The number of fused-ring (bicyclic) bond motifs is 1. The molecule has 0 atom stereocenters. The van der Waals surface area contributed by atoms with Crippen LogP contribution in [0.3, 0.4) is 0 Å². The molecule has 0 aromatic carbocycles. The molecule has 4 heterocycles. The van der Waals surface area contributed by atoms with E-state index in [1.165, 1.54) is 19.4 Å². The molecule has 0 bridgehead atoms. The molecule has 3 aromatic heterocycles. The highest BCUT2D eigenvalue weighted by Crippen LogP contribution is 2.34. The number of halogens is 1. The molecule has 0 saturated carbocycles. The molecule has 1 aliphatic rings. The number of imidazole rings is 1. The fourth-order valence-corrected chi connectivity index (χ4v) is 5.27. The van der Waals surface area contributed by atoms with Crippen LogP contribution in [-0.4, -0.2) is 54.3 Å². The second-order valence-electron chi connectivity index (χ2n) is 9.33. The molecule has 1 saturated heterocycles. The van der Waals surface area contributed by atoms with E-state index in [1.807, 2.05) is 0 Å². The van der Waals surface area contributed by atoms with Gasteiger partial charge in [0.2, 0.25) is 5.95 Å². The van der Waals surface area contributed by atoms with Gasteiger partial charge in [0.25, 0.3) is 0 Å². The average molecular weight is 476 g/mol. The van der Waals surface area contributed by atoms with Crippen molar-refractivity contribution in [2.45, 2.75) is 43.3 Å². The highest BCUT2D eigenvalue weighted by atomic mass is 32.2. The molecule has 0 radical (unpaired) electrons. The van der Waals surface area contributed by atoms with Gasteiger partial charge in [0, 0.05) is 30.4 Å². The predicted octanol–water partition coefficient (Wildman–Crippen LogP) is 3.53. The molecule has 8 nitrogen and oxygen atoms in total. The van der Waals surface area contributed by atoms with Crippen molar-refractivity contribution in [1.29, 1.82) is 0 Å². The number of anilines is 1. The molecular formula is C23H30FN5O3S. The molecule has 2 N–H and O–H groups in total. The average Bonchev–Trinajstić information content (AvgIpc) is 3.19. The van der Waals surface area contributed by atoms with E-state index in [0.29, 0.717) is 28.6 Å². The van der Waals surface area contributed by atoms with Gasteiger partial charge in [0.1, 0.15) is 22.1 Å². The number of hydrogen-bond acceptors (Lipinski definition) is 7. The molecule has 33 heavy (non-hydrogen) atoms. The molecule has 4 rings (SSSR count). The van der Waals surface area contributed by atoms with Crippen LogP contribution in [-0.2, 0) is 9.84 Å². The minimum Gasteiger partial charge on any atom is -0.495 e. The van der Waals surface area contributed by atoms with Crippen molar-refractivity contribution in [3.05, 3.63) is 36.5 Å². The summed E-state index contributed by atoms with van der Waals surface area (Å²) in [7, 11) is -2.28. The maximum Gasteiger partial charge on any atom is 0.215 e. The van der Waals surface area contributed by atoms with Crippen molar-refractivity contribution in [2.24, 2.45) is 5.92 Å². The maximum atomic E-state index is 14.4. The quantitative estimate of drug-likeness (QED) is 0.527. The summed E-state index contributed by atoms with van der Waals surface area (Å²) in [5.41, 5.74) is 1.60. The number of piperidine rings is 1. The van der Waals surface area contributed by atoms with E-state index in [0.717, 1.165) is 32.5 Å². The number of hydrogen-bond donors (Lipinski definition) is 2. The second kappa shape index (κ2) is 8.90. The standard InChI is InChI=1S/C23H30FN5O3S/c1-23(2,3)33(30,31)19-14-29-17(13-27-22(29)11-18(19)32-4)16-9-20(24)28-21(10-16)26-12-15-5-7-25-8-6-15/h9-11,13-15,25H,5-8,12H2,1-4H3,(H,26,28). The highest BCUT2D eigenvalue weighted by molar-refractivity contribution is 7.92. The number of nitrogens with one attached hydrogen (secondary N) is 2. The summed E-state index contributed by atoms with van der Waals surface area (Å²) in [6.45, 7) is 7.60. The van der Waals surface area contributed by atoms with E-state index >= 15 is 0 Å². The molecule has 0 spiro atoms. The zero-order valence-electron chi connectivity index (χ0n) is 19.4. The molecule has 0 aliphatic carbocycles. The maximum absolute atomic E-state index is 14.4. The lowest BCUT2D eigenvalue weighted by atomic mass is 9.98. The summed E-state index contributed by atoms with van der Waals surface area (Å²) in [5.74, 6) is 0.550. The zero-order valence-corrected chi connectivity index (χ0v) is 20.2. The number of aromatic nitrogens is 3. The van der Waals surface area contributed by atoms with Crippen molar-refractivity contribution in [3.63, 3.8) is 0 Å². The number of ether oxygens (including phenoxy) is 1. The van der Waals surface area contributed by atoms with Gasteiger partial charge >= 0.3 is 0 Å². The largest absolute Gasteiger partial charge is 0.495 e. The van der Waals surface area contributed by atoms with Crippen LogP contribution in [0.25, 0.3) is 16.9 Å². The van der Waals surface area contributed by atoms with Gasteiger partial charge in [-0.1, -0.05) is 0 Å². The van der Waals surface area contributed by atoms with Crippen LogP contribution < -0.4 is 15.4 Å². The van der Waals surface area contributed by atoms with Crippen LogP contribution >= 0.6 is 0 Å². The number of rotatable bonds is 6. The van der Waals surface area contributed by atoms with Crippen molar-refractivity contribution >= 4 is 21.3 Å². The molecule has 1 aliphatic heterocycles. The molecule has 3 aromatic rings. The van der Waals surface area contributed by atoms with Gasteiger partial charge in [0.15, 0.2) is 9.84 Å². The Labute approximate surface area is 193 Å². The lowest BCUT2D eigenvalue weighted by Crippen LogP contribution is -2.31. The fraction of sp³-hybridized carbons (Fsp3) is 0.478. The first kappa shape index (κ1) is 23.4. The van der Waals surface area contributed by atoms with Crippen LogP contribution in [0.2, 0.25) is 0 Å². The van der Waals surface area contributed by atoms with E-state index in [9.17, 15) is 12.8 Å². The van der Waals surface area contributed by atoms with Crippen molar-refractivity contribution < 1.29 is 17.5 Å². The van der Waals surface area contributed by atoms with Crippen molar-refractivity contribution in [2.75, 3.05) is 32.1 Å². The van der Waals surface area contributed by atoms with Crippen molar-refractivity contribution in [3.8, 4) is 17.0 Å². The molecule has 10 heteroatoms. The van der Waals surface area contributed by atoms with Gasteiger partial charge in [-0.2, -0.15) is 4.39 Å². The molecule has 1 fully saturated rings. The van der Waals surface area contributed by atoms with Crippen LogP contribution in [0.1, 0.15) is 33.6 Å². The zero-order chi connectivity index (χ0) is 23.8. The Bertz CT molecular complexity index is 1260. The Morgan fingerprint density at radius 2 is 1.97 bits per heavy atom. The van der Waals surface area contributed by atoms with Crippen LogP contribution in [0, 0.1) is 11.9 Å². The number of nitrogens with zero attached hydrogens (tertiary/aromatic N) is 3. The van der Waals surface area contributed by atoms with Crippen LogP contribution in [0.15, 0.2) is 35.5 Å². The first-order valence-corrected chi connectivity index (χ1v) is 12.5. The van der Waals surface area contributed by atoms with E-state index in [-0.39, 0.29) is 10.6 Å². The SMILES string of the molecule is COc1cc2ncc(-c3cc(F)nc(NCC4CCNCC4)c3)n2cc1S(=O)(=O)C(C)(C)C. The third kappa shape index (κ3) is 4.67. The summed E-state index contributed by atoms with van der Waals surface area (Å²) in [6.07, 6.45) is 5.22. The highest BCUT2D eigenvalue weighted by Gasteiger charge is 2.34. The van der Waals surface area contributed by atoms with Crippen LogP contribution in [0.5, 0.6) is 5.75 Å². The van der Waals surface area contributed by atoms with Gasteiger partial charge in [-0.3, -0.25) is 4.40 Å². The number of methoxy groups -OCH3 is 1. The lowest BCUT2D eigenvalue weighted by molar-refractivity contribution is 0.389. The third-order valence-corrected chi connectivity index (χ3v) is 8.51. The topological polar surface area (TPSA) is 97.6 Å². The Kier molecular flexibility index (Phi) is 6.32. The summed E-state index contributed by atoms with van der Waals surface area (Å²) in [4.78, 5) is 8.43. The molecule has 0 unspecified atom stereocenters. The van der Waals surface area contributed by atoms with Gasteiger partial charge in [-0.25, -0.2) is 18.4 Å². The minimum atomic E-state index is -3.70. The predicted molar refractivity (Wildman–Crippen MR) is 126 cm³/mol. The smallest absolute Gasteiger partial charge is 0.215 e. The van der Waals surface area contributed by atoms with Crippen molar-refractivity contribution in [1.82, 2.24) is 19.7 Å². The second-order valence-corrected chi connectivity index (χ2v) is 12.0. The monoisotopic (exact) mass is 475 g/mol. The van der Waals surface area contributed by atoms with E-state index in [2.05, 4.69) is 20.6 Å². The van der Waals surface area contributed by atoms with E-state index in [1.54, 1.807) is 43.5 Å². The Morgan fingerprint density at radius 3 is 2.64 bits per heavy atom. The molecule has 178 valence electrons. The van der Waals surface area contributed by atoms with Gasteiger partial charge in [0.05, 0.1) is 23.7 Å². The van der Waals surface area contributed by atoms with Gasteiger partial charge in [-0.05, 0) is 58.7 Å². The van der Waals surface area contributed by atoms with Gasteiger partial charge in [-0.15, -0.1) is 0 Å². The van der Waals surface area contributed by atoms with Gasteiger partial charge < -0.3 is 15.4 Å². The van der Waals surface area contributed by atoms with Crippen LogP contribution in [0.4, 0.5) is 10.2 Å². The Balaban J connectivity index is 1.74. The summed E-state index contributed by atoms with van der Waals surface area (Å²) < 4.78 is 46.8. The Morgan fingerprint density at radius 1 is 1.24 bits per heavy atom. The van der Waals surface area contributed by atoms with E-state index < -0.39 is 20.5 Å². The Hall–Kier alpha value is -2.72. The third-order valence-electron chi connectivity index (χ3n) is 6.01. The molecule has 0 amide bonds. The minimum absolute atomic E-state index is 0.0584. The normalized spacial score (nSPS) is 15.7. The fourth-order valence-electron chi connectivity index (χ4n) is 3.96. The number of pyridine rings is 2. The summed E-state index contributed by atoms with van der Waals surface area (Å²) in [6, 6.07) is 4.66.